The number of aromatic amines is 2. The van der Waals surface area contributed by atoms with Gasteiger partial charge in [-0.2, -0.15) is 0 Å². The van der Waals surface area contributed by atoms with Crippen molar-refractivity contribution in [2.24, 2.45) is 5.41 Å². The summed E-state index contributed by atoms with van der Waals surface area (Å²) in [6.07, 6.45) is 7.55. The highest BCUT2D eigenvalue weighted by atomic mass is 16.5. The number of H-pyrrole nitrogens is 2. The van der Waals surface area contributed by atoms with E-state index in [1.54, 1.807) is 12.4 Å². The van der Waals surface area contributed by atoms with Crippen molar-refractivity contribution in [3.63, 3.8) is 0 Å². The van der Waals surface area contributed by atoms with Gasteiger partial charge in [-0.1, -0.05) is 55.0 Å². The Balaban J connectivity index is 1.07. The van der Waals surface area contributed by atoms with Gasteiger partial charge in [-0.3, -0.25) is 9.59 Å². The first-order valence-electron chi connectivity index (χ1n) is 14.0. The van der Waals surface area contributed by atoms with E-state index in [0.29, 0.717) is 63.5 Å². The lowest BCUT2D eigenvalue weighted by molar-refractivity contribution is -0.186. The van der Waals surface area contributed by atoms with Crippen molar-refractivity contribution in [1.29, 1.82) is 0 Å². The highest BCUT2D eigenvalue weighted by Crippen LogP contribution is 2.53. The third kappa shape index (κ3) is 5.28. The number of aliphatic hydroxyl groups is 1. The standard InChI is InChI=1S/C31H34N6O4/c38-20-32-18-27-33-16-25(36-27)23-6-2-21(3-7-23)22-4-8-24(9-5-22)26-17-34-28(37-26)19-35-29(39)30(10-1-11-30)31(40)12-14-41-15-13-31/h2-9,16-17,20,40H,1,10-15,18-19H2,(H,32,38)(H,33,36)(H,34,37)(H,35,39). The third-order valence-corrected chi connectivity index (χ3v) is 8.60. The largest absolute Gasteiger partial charge is 0.389 e. The molecule has 0 atom stereocenters. The maximum atomic E-state index is 13.2. The molecule has 41 heavy (non-hydrogen) atoms. The Kier molecular flexibility index (Phi) is 7.42. The minimum atomic E-state index is -0.998. The highest BCUT2D eigenvalue weighted by Gasteiger charge is 2.59. The molecule has 2 aromatic carbocycles. The van der Waals surface area contributed by atoms with Gasteiger partial charge in [-0.05, 0) is 35.1 Å². The number of rotatable bonds is 10. The number of imidazole rings is 2. The molecule has 1 aliphatic carbocycles. The molecule has 0 spiro atoms. The van der Waals surface area contributed by atoms with Gasteiger partial charge in [0.05, 0.1) is 47.9 Å². The molecule has 3 heterocycles. The second-order valence-electron chi connectivity index (χ2n) is 10.9. The molecule has 1 saturated heterocycles. The Morgan fingerprint density at radius 3 is 1.83 bits per heavy atom. The van der Waals surface area contributed by atoms with E-state index in [9.17, 15) is 14.7 Å². The fraction of sp³-hybridized carbons (Fsp3) is 0.355. The van der Waals surface area contributed by atoms with Gasteiger partial charge in [0.1, 0.15) is 11.6 Å². The van der Waals surface area contributed by atoms with Crippen LogP contribution >= 0.6 is 0 Å². The van der Waals surface area contributed by atoms with Crippen molar-refractivity contribution in [3.8, 4) is 33.6 Å². The number of hydrogen-bond donors (Lipinski definition) is 5. The minimum Gasteiger partial charge on any atom is -0.389 e. The number of nitrogens with zero attached hydrogens (tertiary/aromatic N) is 2. The number of aromatic nitrogens is 4. The van der Waals surface area contributed by atoms with E-state index in [4.69, 9.17) is 4.74 Å². The summed E-state index contributed by atoms with van der Waals surface area (Å²) in [5, 5.41) is 16.9. The summed E-state index contributed by atoms with van der Waals surface area (Å²) in [7, 11) is 0. The van der Waals surface area contributed by atoms with Crippen LogP contribution in [0.15, 0.2) is 60.9 Å². The van der Waals surface area contributed by atoms with Gasteiger partial charge in [0, 0.05) is 26.1 Å². The molecular weight excluding hydrogens is 520 g/mol. The zero-order chi connectivity index (χ0) is 28.3. The van der Waals surface area contributed by atoms with Crippen LogP contribution < -0.4 is 10.6 Å². The summed E-state index contributed by atoms with van der Waals surface area (Å²) in [5.41, 5.74) is 4.22. The fourth-order valence-corrected chi connectivity index (χ4v) is 5.98. The number of ether oxygens (including phenoxy) is 1. The molecule has 0 radical (unpaired) electrons. The summed E-state index contributed by atoms with van der Waals surface area (Å²) < 4.78 is 5.43. The molecule has 1 saturated carbocycles. The second kappa shape index (κ2) is 11.3. The van der Waals surface area contributed by atoms with Crippen LogP contribution in [0.2, 0.25) is 0 Å². The number of benzene rings is 2. The van der Waals surface area contributed by atoms with E-state index in [0.717, 1.165) is 40.1 Å². The molecule has 212 valence electrons. The number of nitrogens with one attached hydrogen (secondary N) is 4. The van der Waals surface area contributed by atoms with Crippen molar-refractivity contribution in [2.45, 2.75) is 50.8 Å². The molecule has 1 aliphatic heterocycles. The number of hydrogen-bond acceptors (Lipinski definition) is 6. The van der Waals surface area contributed by atoms with E-state index in [1.807, 2.05) is 24.3 Å². The third-order valence-electron chi connectivity index (χ3n) is 8.60. The Bertz CT molecular complexity index is 1500. The molecule has 10 nitrogen and oxygen atoms in total. The molecule has 2 amide bonds. The summed E-state index contributed by atoms with van der Waals surface area (Å²) >= 11 is 0. The van der Waals surface area contributed by atoms with Crippen LogP contribution in [0.4, 0.5) is 0 Å². The van der Waals surface area contributed by atoms with Gasteiger partial charge in [0.2, 0.25) is 12.3 Å². The molecule has 0 bridgehead atoms. The van der Waals surface area contributed by atoms with Crippen molar-refractivity contribution in [3.05, 3.63) is 72.6 Å². The number of carbonyl (C=O) groups excluding carboxylic acids is 2. The maximum Gasteiger partial charge on any atom is 0.229 e. The van der Waals surface area contributed by atoms with E-state index in [-0.39, 0.29) is 12.5 Å². The lowest BCUT2D eigenvalue weighted by Gasteiger charge is -2.53. The van der Waals surface area contributed by atoms with Crippen LogP contribution in [0.25, 0.3) is 33.6 Å². The molecule has 4 aromatic rings. The van der Waals surface area contributed by atoms with Crippen molar-refractivity contribution in [2.75, 3.05) is 13.2 Å². The van der Waals surface area contributed by atoms with Crippen molar-refractivity contribution in [1.82, 2.24) is 30.6 Å². The molecule has 2 aromatic heterocycles. The zero-order valence-electron chi connectivity index (χ0n) is 22.8. The van der Waals surface area contributed by atoms with E-state index >= 15 is 0 Å². The molecule has 0 unspecified atom stereocenters. The SMILES string of the molecule is O=CNCc1ncc(-c2ccc(-c3ccc(-c4cnc(CNC(=O)C5(C6(O)CCOCC6)CCC5)[nH]4)cc3)cc2)[nH]1. The van der Waals surface area contributed by atoms with Gasteiger partial charge < -0.3 is 30.4 Å². The minimum absolute atomic E-state index is 0.0932. The van der Waals surface area contributed by atoms with Gasteiger partial charge in [0.25, 0.3) is 0 Å². The Hall–Kier alpha value is -4.28. The lowest BCUT2D eigenvalue weighted by Crippen LogP contribution is -2.62. The van der Waals surface area contributed by atoms with Gasteiger partial charge in [-0.15, -0.1) is 0 Å². The quantitative estimate of drug-likeness (QED) is 0.189. The molecular formula is C31H34N6O4. The van der Waals surface area contributed by atoms with Gasteiger partial charge in [-0.25, -0.2) is 9.97 Å². The first kappa shape index (κ1) is 26.9. The fourth-order valence-electron chi connectivity index (χ4n) is 5.98. The predicted molar refractivity (Wildman–Crippen MR) is 153 cm³/mol. The van der Waals surface area contributed by atoms with Gasteiger partial charge in [0.15, 0.2) is 0 Å². The topological polar surface area (TPSA) is 145 Å². The van der Waals surface area contributed by atoms with Crippen LogP contribution in [0.5, 0.6) is 0 Å². The van der Waals surface area contributed by atoms with Crippen molar-refractivity contribution >= 4 is 12.3 Å². The summed E-state index contributed by atoms with van der Waals surface area (Å²) in [5.74, 6) is 1.28. The van der Waals surface area contributed by atoms with Gasteiger partial charge >= 0.3 is 0 Å². The number of carbonyl (C=O) groups is 2. The molecule has 2 fully saturated rings. The molecule has 10 heteroatoms. The molecule has 2 aliphatic rings. The number of amides is 2. The second-order valence-corrected chi connectivity index (χ2v) is 10.9. The predicted octanol–water partition coefficient (Wildman–Crippen LogP) is 3.71. The van der Waals surface area contributed by atoms with Crippen LogP contribution in [0.3, 0.4) is 0 Å². The monoisotopic (exact) mass is 554 g/mol. The van der Waals surface area contributed by atoms with E-state index in [2.05, 4.69) is 54.8 Å². The van der Waals surface area contributed by atoms with Crippen molar-refractivity contribution < 1.29 is 19.4 Å². The Morgan fingerprint density at radius 2 is 1.34 bits per heavy atom. The van der Waals surface area contributed by atoms with Crippen LogP contribution in [-0.2, 0) is 27.4 Å². The average Bonchev–Trinajstić information content (AvgIpc) is 3.65. The molecule has 5 N–H and O–H groups in total. The van der Waals surface area contributed by atoms with Crippen LogP contribution in [0, 0.1) is 5.41 Å². The molecule has 6 rings (SSSR count). The van der Waals surface area contributed by atoms with E-state index in [1.165, 1.54) is 0 Å². The highest BCUT2D eigenvalue weighted by molar-refractivity contribution is 5.85. The Morgan fingerprint density at radius 1 is 0.829 bits per heavy atom. The van der Waals surface area contributed by atoms with E-state index < -0.39 is 11.0 Å². The normalized spacial score (nSPS) is 17.4. The van der Waals surface area contributed by atoms with Crippen LogP contribution in [0.1, 0.15) is 43.8 Å². The summed E-state index contributed by atoms with van der Waals surface area (Å²) in [4.78, 5) is 39.0. The summed E-state index contributed by atoms with van der Waals surface area (Å²) in [6.45, 7) is 1.63. The first-order chi connectivity index (χ1) is 20.0. The smallest absolute Gasteiger partial charge is 0.229 e. The van der Waals surface area contributed by atoms with Crippen LogP contribution in [-0.4, -0.2) is 56.2 Å². The lowest BCUT2D eigenvalue weighted by atomic mass is 9.56. The maximum absolute atomic E-state index is 13.2. The first-order valence-corrected chi connectivity index (χ1v) is 14.0. The average molecular weight is 555 g/mol. The summed E-state index contributed by atoms with van der Waals surface area (Å²) in [6, 6.07) is 16.4. The Labute approximate surface area is 238 Å². The zero-order valence-corrected chi connectivity index (χ0v) is 22.8.